The van der Waals surface area contributed by atoms with Gasteiger partial charge in [0.05, 0.1) is 13.0 Å². The van der Waals surface area contributed by atoms with Gasteiger partial charge >= 0.3 is 11.9 Å². The van der Waals surface area contributed by atoms with Crippen molar-refractivity contribution in [2.24, 2.45) is 5.92 Å². The molecule has 0 spiro atoms. The molecule has 2 aliphatic heterocycles. The van der Waals surface area contributed by atoms with Crippen molar-refractivity contribution in [1.82, 2.24) is 4.90 Å². The number of ketones is 1. The van der Waals surface area contributed by atoms with Gasteiger partial charge in [0.25, 0.3) is 5.91 Å². The first kappa shape index (κ1) is 20.4. The maximum Gasteiger partial charge on any atom is 0.347 e. The first-order valence-corrected chi connectivity index (χ1v) is 9.24. The van der Waals surface area contributed by atoms with Gasteiger partial charge in [0.15, 0.2) is 18.8 Å². The number of ether oxygens (including phenoxy) is 3. The van der Waals surface area contributed by atoms with E-state index in [1.807, 2.05) is 6.07 Å². The normalized spacial score (nSPS) is 17.0. The number of benzene rings is 1. The molecule has 0 saturated carbocycles. The number of piperidine rings is 1. The molecule has 0 bridgehead atoms. The summed E-state index contributed by atoms with van der Waals surface area (Å²) in [4.78, 5) is 49.8. The second kappa shape index (κ2) is 9.22. The van der Waals surface area contributed by atoms with E-state index < -0.39 is 18.4 Å². The van der Waals surface area contributed by atoms with Crippen molar-refractivity contribution in [3.05, 3.63) is 41.8 Å². The first-order chi connectivity index (χ1) is 14.0. The Hall–Kier alpha value is -3.36. The number of carbonyl (C=O) groups is 4. The summed E-state index contributed by atoms with van der Waals surface area (Å²) in [5.41, 5.74) is 0.401. The highest BCUT2D eigenvalue weighted by atomic mass is 16.5. The lowest BCUT2D eigenvalue weighted by molar-refractivity contribution is -0.152. The molecule has 1 aromatic carbocycles. The van der Waals surface area contributed by atoms with Crippen molar-refractivity contribution in [2.75, 3.05) is 38.7 Å². The number of methoxy groups -OCH3 is 1. The molecule has 0 aliphatic carbocycles. The van der Waals surface area contributed by atoms with Crippen LogP contribution in [0.4, 0.5) is 5.69 Å². The summed E-state index contributed by atoms with van der Waals surface area (Å²) in [5.74, 6) is -2.31. The van der Waals surface area contributed by atoms with E-state index in [1.165, 1.54) is 12.0 Å². The van der Waals surface area contributed by atoms with Gasteiger partial charge in [-0.1, -0.05) is 18.2 Å². The second-order valence-corrected chi connectivity index (χ2v) is 6.66. The SMILES string of the molecule is COC(=O)C1CCN(C(=O)COC(=O)C2=C(Nc3ccccc3)OCC2=O)CC1. The van der Waals surface area contributed by atoms with Gasteiger partial charge in [-0.2, -0.15) is 0 Å². The fourth-order valence-electron chi connectivity index (χ4n) is 3.19. The van der Waals surface area contributed by atoms with Crippen molar-refractivity contribution >= 4 is 29.3 Å². The summed E-state index contributed by atoms with van der Waals surface area (Å²) >= 11 is 0. The van der Waals surface area contributed by atoms with Gasteiger partial charge in [-0.3, -0.25) is 14.4 Å². The number of hydrogen-bond donors (Lipinski definition) is 1. The summed E-state index contributed by atoms with van der Waals surface area (Å²) in [7, 11) is 1.34. The molecule has 0 aromatic heterocycles. The molecule has 2 aliphatic rings. The van der Waals surface area contributed by atoms with E-state index in [2.05, 4.69) is 5.32 Å². The third-order valence-electron chi connectivity index (χ3n) is 4.80. The highest BCUT2D eigenvalue weighted by molar-refractivity contribution is 6.20. The van der Waals surface area contributed by atoms with E-state index in [9.17, 15) is 19.2 Å². The lowest BCUT2D eigenvalue weighted by Crippen LogP contribution is -2.42. The third-order valence-corrected chi connectivity index (χ3v) is 4.80. The maximum atomic E-state index is 12.4. The second-order valence-electron chi connectivity index (χ2n) is 6.66. The number of likely N-dealkylation sites (tertiary alicyclic amines) is 1. The van der Waals surface area contributed by atoms with Crippen molar-refractivity contribution < 1.29 is 33.4 Å². The minimum atomic E-state index is -0.913. The summed E-state index contributed by atoms with van der Waals surface area (Å²) in [6.45, 7) is -0.00485. The lowest BCUT2D eigenvalue weighted by atomic mass is 9.97. The molecular weight excluding hydrogens is 380 g/mol. The van der Waals surface area contributed by atoms with E-state index >= 15 is 0 Å². The number of anilines is 1. The zero-order valence-electron chi connectivity index (χ0n) is 16.0. The molecule has 9 nitrogen and oxygen atoms in total. The van der Waals surface area contributed by atoms with E-state index in [1.54, 1.807) is 24.3 Å². The Morgan fingerprint density at radius 2 is 1.86 bits per heavy atom. The number of amides is 1. The van der Waals surface area contributed by atoms with Crippen LogP contribution in [0.5, 0.6) is 0 Å². The Balaban J connectivity index is 1.55. The molecular formula is C20H22N2O7. The molecule has 0 radical (unpaired) electrons. The molecule has 3 rings (SSSR count). The Morgan fingerprint density at radius 3 is 2.52 bits per heavy atom. The van der Waals surface area contributed by atoms with Crippen LogP contribution in [0, 0.1) is 5.92 Å². The average Bonchev–Trinajstić information content (AvgIpc) is 3.12. The highest BCUT2D eigenvalue weighted by Gasteiger charge is 2.34. The van der Waals surface area contributed by atoms with E-state index in [0.29, 0.717) is 31.6 Å². The molecule has 1 fully saturated rings. The van der Waals surface area contributed by atoms with Crippen molar-refractivity contribution in [1.29, 1.82) is 0 Å². The number of hydrogen-bond acceptors (Lipinski definition) is 8. The summed E-state index contributed by atoms with van der Waals surface area (Å²) < 4.78 is 15.0. The molecule has 29 heavy (non-hydrogen) atoms. The van der Waals surface area contributed by atoms with Crippen LogP contribution in [0.2, 0.25) is 0 Å². The smallest absolute Gasteiger partial charge is 0.347 e. The van der Waals surface area contributed by atoms with Crippen molar-refractivity contribution in [3.8, 4) is 0 Å². The van der Waals surface area contributed by atoms with Crippen LogP contribution in [0.15, 0.2) is 41.8 Å². The zero-order chi connectivity index (χ0) is 20.8. The molecule has 1 N–H and O–H groups in total. The minimum Gasteiger partial charge on any atom is -0.470 e. The molecule has 1 aromatic rings. The van der Waals surface area contributed by atoms with E-state index in [0.717, 1.165) is 0 Å². The van der Waals surface area contributed by atoms with Crippen LogP contribution in [0.1, 0.15) is 12.8 Å². The predicted octanol–water partition coefficient (Wildman–Crippen LogP) is 0.864. The number of carbonyl (C=O) groups excluding carboxylic acids is 4. The third kappa shape index (κ3) is 4.92. The molecule has 2 heterocycles. The Morgan fingerprint density at radius 1 is 1.17 bits per heavy atom. The summed E-state index contributed by atoms with van der Waals surface area (Å²) in [5, 5.41) is 2.87. The van der Waals surface area contributed by atoms with Gasteiger partial charge in [0.2, 0.25) is 11.7 Å². The first-order valence-electron chi connectivity index (χ1n) is 9.24. The van der Waals surface area contributed by atoms with Crippen molar-refractivity contribution in [2.45, 2.75) is 12.8 Å². The van der Waals surface area contributed by atoms with E-state index in [-0.39, 0.29) is 35.9 Å². The summed E-state index contributed by atoms with van der Waals surface area (Å²) in [6.07, 6.45) is 0.990. The van der Waals surface area contributed by atoms with Crippen LogP contribution in [0.3, 0.4) is 0 Å². The summed E-state index contributed by atoms with van der Waals surface area (Å²) in [6, 6.07) is 8.92. The quantitative estimate of drug-likeness (QED) is 0.551. The molecule has 9 heteroatoms. The fourth-order valence-corrected chi connectivity index (χ4v) is 3.19. The Kier molecular flexibility index (Phi) is 6.48. The Labute approximate surface area is 167 Å². The van der Waals surface area contributed by atoms with Gasteiger partial charge in [-0.05, 0) is 25.0 Å². The van der Waals surface area contributed by atoms with Gasteiger partial charge in [-0.25, -0.2) is 4.79 Å². The van der Waals surface area contributed by atoms with Gasteiger partial charge in [0, 0.05) is 18.8 Å². The zero-order valence-corrected chi connectivity index (χ0v) is 16.0. The Bertz CT molecular complexity index is 826. The lowest BCUT2D eigenvalue weighted by Gasteiger charge is -2.30. The van der Waals surface area contributed by atoms with Gasteiger partial charge in [-0.15, -0.1) is 0 Å². The number of rotatable bonds is 6. The minimum absolute atomic E-state index is 0.0116. The fraction of sp³-hybridized carbons (Fsp3) is 0.400. The predicted molar refractivity (Wildman–Crippen MR) is 100 cm³/mol. The largest absolute Gasteiger partial charge is 0.470 e. The number of para-hydroxylation sites is 1. The number of nitrogens with one attached hydrogen (secondary N) is 1. The number of esters is 2. The molecule has 1 amide bonds. The van der Waals surface area contributed by atoms with Gasteiger partial charge < -0.3 is 24.4 Å². The maximum absolute atomic E-state index is 12.4. The average molecular weight is 402 g/mol. The standard InChI is InChI=1S/C20H22N2O7/c1-27-19(25)13-7-9-22(10-8-13)16(24)12-29-20(26)17-15(23)11-28-18(17)21-14-5-3-2-4-6-14/h2-6,13,21H,7-12H2,1H3. The number of Topliss-reactive ketones (excluding diaryl/α,β-unsaturated/α-hetero) is 1. The molecule has 154 valence electrons. The van der Waals surface area contributed by atoms with Crippen molar-refractivity contribution in [3.63, 3.8) is 0 Å². The van der Waals surface area contributed by atoms with E-state index in [4.69, 9.17) is 14.2 Å². The topological polar surface area (TPSA) is 111 Å². The molecule has 0 unspecified atom stereocenters. The van der Waals surface area contributed by atoms with Crippen LogP contribution >= 0.6 is 0 Å². The van der Waals surface area contributed by atoms with Crippen LogP contribution in [0.25, 0.3) is 0 Å². The monoisotopic (exact) mass is 402 g/mol. The van der Waals surface area contributed by atoms with Crippen LogP contribution in [-0.4, -0.2) is 61.9 Å². The highest BCUT2D eigenvalue weighted by Crippen LogP contribution is 2.21. The molecule has 0 atom stereocenters. The molecule has 1 saturated heterocycles. The van der Waals surface area contributed by atoms with Crippen LogP contribution in [-0.2, 0) is 33.4 Å². The van der Waals surface area contributed by atoms with Gasteiger partial charge in [0.1, 0.15) is 0 Å². The number of nitrogens with zero attached hydrogens (tertiary/aromatic N) is 1. The van der Waals surface area contributed by atoms with Crippen LogP contribution < -0.4 is 5.32 Å².